The number of piperazine rings is 1. The van der Waals surface area contributed by atoms with Crippen molar-refractivity contribution in [2.24, 2.45) is 0 Å². The van der Waals surface area contributed by atoms with E-state index in [1.165, 1.54) is 0 Å². The van der Waals surface area contributed by atoms with Crippen LogP contribution in [0, 0.1) is 0 Å². The van der Waals surface area contributed by atoms with Crippen LogP contribution in [0.15, 0.2) is 24.3 Å². The molecule has 2 rings (SSSR count). The van der Waals surface area contributed by atoms with Crippen LogP contribution in [0.1, 0.15) is 24.2 Å². The van der Waals surface area contributed by atoms with Crippen molar-refractivity contribution in [2.45, 2.75) is 25.9 Å². The molecule has 2 atom stereocenters. The zero-order valence-electron chi connectivity index (χ0n) is 10.5. The second-order valence-electron chi connectivity index (χ2n) is 4.49. The van der Waals surface area contributed by atoms with Crippen LogP contribution in [-0.2, 0) is 0 Å². The average Bonchev–Trinajstić information content (AvgIpc) is 2.32. The Balaban J connectivity index is 0.00000162. The molecule has 1 N–H and O–H groups in total. The Bertz CT molecular complexity index is 425. The first-order valence-corrected chi connectivity index (χ1v) is 6.27. The number of hydrogen-bond donors (Lipinski definition) is 1. The maximum atomic E-state index is 12.3. The van der Waals surface area contributed by atoms with Crippen LogP contribution < -0.4 is 5.32 Å². The van der Waals surface area contributed by atoms with Crippen molar-refractivity contribution in [1.82, 2.24) is 10.2 Å². The summed E-state index contributed by atoms with van der Waals surface area (Å²) in [5, 5.41) is 3.96. The number of rotatable bonds is 1. The first-order chi connectivity index (χ1) is 8.09. The smallest absolute Gasteiger partial charge is 0.254 e. The van der Waals surface area contributed by atoms with Crippen molar-refractivity contribution in [3.05, 3.63) is 34.9 Å². The van der Waals surface area contributed by atoms with Crippen LogP contribution in [0.25, 0.3) is 0 Å². The van der Waals surface area contributed by atoms with Crippen LogP contribution in [-0.4, -0.2) is 36.0 Å². The number of halogens is 2. The van der Waals surface area contributed by atoms with Crippen LogP contribution in [0.2, 0.25) is 5.02 Å². The lowest BCUT2D eigenvalue weighted by molar-refractivity contribution is 0.0603. The molecule has 1 amide bonds. The summed E-state index contributed by atoms with van der Waals surface area (Å²) in [7, 11) is 0. The van der Waals surface area contributed by atoms with Gasteiger partial charge in [0.1, 0.15) is 0 Å². The summed E-state index contributed by atoms with van der Waals surface area (Å²) in [5.41, 5.74) is 0.665. The maximum absolute atomic E-state index is 12.3. The Labute approximate surface area is 119 Å². The van der Waals surface area contributed by atoms with Gasteiger partial charge in [-0.15, -0.1) is 12.4 Å². The van der Waals surface area contributed by atoms with Gasteiger partial charge in [0.05, 0.1) is 0 Å². The lowest BCUT2D eigenvalue weighted by Gasteiger charge is -2.38. The zero-order chi connectivity index (χ0) is 12.4. The molecule has 1 saturated heterocycles. The van der Waals surface area contributed by atoms with Crippen molar-refractivity contribution >= 4 is 29.9 Å². The largest absolute Gasteiger partial charge is 0.333 e. The van der Waals surface area contributed by atoms with Gasteiger partial charge in [0.15, 0.2) is 0 Å². The average molecular weight is 289 g/mol. The van der Waals surface area contributed by atoms with Gasteiger partial charge in [0, 0.05) is 35.8 Å². The number of carbonyl (C=O) groups excluding carboxylic acids is 1. The molecule has 1 aliphatic heterocycles. The predicted molar refractivity (Wildman–Crippen MR) is 76.7 cm³/mol. The Morgan fingerprint density at radius 3 is 2.83 bits per heavy atom. The van der Waals surface area contributed by atoms with Gasteiger partial charge in [-0.1, -0.05) is 17.7 Å². The monoisotopic (exact) mass is 288 g/mol. The third-order valence-corrected chi connectivity index (χ3v) is 3.60. The fourth-order valence-electron chi connectivity index (χ4n) is 2.13. The standard InChI is InChI=1S/C13H17ClN2O.ClH/c1-9-10(2)16(7-6-15-9)13(17)11-4-3-5-12(14)8-11;/h3-5,8-10,15H,6-7H2,1-2H3;1H. The lowest BCUT2D eigenvalue weighted by Crippen LogP contribution is -2.57. The van der Waals surface area contributed by atoms with Gasteiger partial charge >= 0.3 is 0 Å². The topological polar surface area (TPSA) is 32.3 Å². The van der Waals surface area contributed by atoms with Crippen LogP contribution >= 0.6 is 24.0 Å². The Morgan fingerprint density at radius 1 is 1.44 bits per heavy atom. The van der Waals surface area contributed by atoms with E-state index >= 15 is 0 Å². The minimum Gasteiger partial charge on any atom is -0.333 e. The summed E-state index contributed by atoms with van der Waals surface area (Å²) in [6, 6.07) is 7.66. The molecule has 3 nitrogen and oxygen atoms in total. The highest BCUT2D eigenvalue weighted by atomic mass is 35.5. The second-order valence-corrected chi connectivity index (χ2v) is 4.93. The Kier molecular flexibility index (Phi) is 5.45. The quantitative estimate of drug-likeness (QED) is 0.862. The summed E-state index contributed by atoms with van der Waals surface area (Å²) < 4.78 is 0. The molecular formula is C13H18Cl2N2O. The first-order valence-electron chi connectivity index (χ1n) is 5.89. The molecule has 0 radical (unpaired) electrons. The molecule has 2 unspecified atom stereocenters. The summed E-state index contributed by atoms with van der Waals surface area (Å²) in [5.74, 6) is 0.0633. The van der Waals surface area contributed by atoms with Crippen LogP contribution in [0.4, 0.5) is 0 Å². The first kappa shape index (κ1) is 15.3. The highest BCUT2D eigenvalue weighted by Gasteiger charge is 2.28. The third-order valence-electron chi connectivity index (χ3n) is 3.37. The minimum atomic E-state index is 0. The fraction of sp³-hybridized carbons (Fsp3) is 0.462. The van der Waals surface area contributed by atoms with E-state index in [1.54, 1.807) is 12.1 Å². The van der Waals surface area contributed by atoms with Crippen molar-refractivity contribution in [3.8, 4) is 0 Å². The molecule has 0 aromatic heterocycles. The predicted octanol–water partition coefficient (Wildman–Crippen LogP) is 2.58. The molecule has 18 heavy (non-hydrogen) atoms. The number of nitrogens with one attached hydrogen (secondary N) is 1. The zero-order valence-corrected chi connectivity index (χ0v) is 12.1. The van der Waals surface area contributed by atoms with Gasteiger partial charge in [-0.25, -0.2) is 0 Å². The van der Waals surface area contributed by atoms with E-state index in [1.807, 2.05) is 17.0 Å². The van der Waals surface area contributed by atoms with Gasteiger partial charge in [0.25, 0.3) is 5.91 Å². The molecule has 0 aliphatic carbocycles. The van der Waals surface area contributed by atoms with Crippen molar-refractivity contribution in [3.63, 3.8) is 0 Å². The van der Waals surface area contributed by atoms with Crippen molar-refractivity contribution < 1.29 is 4.79 Å². The van der Waals surface area contributed by atoms with Gasteiger partial charge < -0.3 is 10.2 Å². The third kappa shape index (κ3) is 3.16. The van der Waals surface area contributed by atoms with E-state index in [0.717, 1.165) is 13.1 Å². The van der Waals surface area contributed by atoms with Gasteiger partial charge in [0.2, 0.25) is 0 Å². The van der Waals surface area contributed by atoms with Gasteiger partial charge in [-0.3, -0.25) is 4.79 Å². The second kappa shape index (κ2) is 6.41. The molecule has 1 heterocycles. The Morgan fingerprint density at radius 2 is 2.17 bits per heavy atom. The van der Waals surface area contributed by atoms with Crippen molar-refractivity contribution in [2.75, 3.05) is 13.1 Å². The summed E-state index contributed by atoms with van der Waals surface area (Å²) in [4.78, 5) is 14.3. The maximum Gasteiger partial charge on any atom is 0.254 e. The number of nitrogens with zero attached hydrogens (tertiary/aromatic N) is 1. The van der Waals surface area contributed by atoms with E-state index < -0.39 is 0 Å². The van der Waals surface area contributed by atoms with E-state index in [4.69, 9.17) is 11.6 Å². The van der Waals surface area contributed by atoms with E-state index in [-0.39, 0.29) is 24.4 Å². The van der Waals surface area contributed by atoms with Crippen molar-refractivity contribution in [1.29, 1.82) is 0 Å². The summed E-state index contributed by atoms with van der Waals surface area (Å²) in [6.45, 7) is 5.76. The number of amides is 1. The molecule has 100 valence electrons. The number of carbonyl (C=O) groups is 1. The number of hydrogen-bond acceptors (Lipinski definition) is 2. The molecule has 1 fully saturated rings. The number of benzene rings is 1. The van der Waals surface area contributed by atoms with E-state index in [0.29, 0.717) is 16.6 Å². The SMILES string of the molecule is CC1NCCN(C(=O)c2cccc(Cl)c2)C1C.Cl. The molecule has 1 aromatic carbocycles. The molecule has 0 saturated carbocycles. The van der Waals surface area contributed by atoms with E-state index in [9.17, 15) is 4.79 Å². The lowest BCUT2D eigenvalue weighted by atomic mass is 10.1. The molecular weight excluding hydrogens is 271 g/mol. The highest BCUT2D eigenvalue weighted by Crippen LogP contribution is 2.16. The molecule has 0 spiro atoms. The molecule has 5 heteroatoms. The van der Waals surface area contributed by atoms with E-state index in [2.05, 4.69) is 19.2 Å². The van der Waals surface area contributed by atoms with Gasteiger partial charge in [-0.05, 0) is 32.0 Å². The normalized spacial score (nSPS) is 23.4. The summed E-state index contributed by atoms with van der Waals surface area (Å²) in [6.07, 6.45) is 0. The molecule has 0 bridgehead atoms. The fourth-order valence-corrected chi connectivity index (χ4v) is 2.32. The molecule has 1 aliphatic rings. The van der Waals surface area contributed by atoms with Crippen LogP contribution in [0.5, 0.6) is 0 Å². The summed E-state index contributed by atoms with van der Waals surface area (Å²) >= 11 is 5.91. The van der Waals surface area contributed by atoms with Crippen LogP contribution in [0.3, 0.4) is 0 Å². The molecule has 1 aromatic rings. The minimum absolute atomic E-state index is 0. The Hall–Kier alpha value is -0.770. The van der Waals surface area contributed by atoms with Gasteiger partial charge in [-0.2, -0.15) is 0 Å². The highest BCUT2D eigenvalue weighted by molar-refractivity contribution is 6.30.